The zero-order valence-corrected chi connectivity index (χ0v) is 16.7. The van der Waals surface area contributed by atoms with Gasteiger partial charge in [0, 0.05) is 11.8 Å². The van der Waals surface area contributed by atoms with E-state index in [0.717, 1.165) is 16.7 Å². The van der Waals surface area contributed by atoms with Crippen LogP contribution < -0.4 is 5.69 Å². The van der Waals surface area contributed by atoms with E-state index in [2.05, 4.69) is 15.0 Å². The third-order valence-electron chi connectivity index (χ3n) is 5.19. The largest absolute Gasteiger partial charge is 0.480 e. The van der Waals surface area contributed by atoms with Crippen LogP contribution in [0.2, 0.25) is 0 Å². The normalized spacial score (nSPS) is 12.0. The number of carboxylic acids is 1. The summed E-state index contributed by atoms with van der Waals surface area (Å²) in [6, 6.07) is 13.2. The molecule has 0 aliphatic heterocycles. The second-order valence-electron chi connectivity index (χ2n) is 7.31. The summed E-state index contributed by atoms with van der Waals surface area (Å²) in [5, 5.41) is 9.15. The lowest BCUT2D eigenvalue weighted by Crippen LogP contribution is -2.26. The highest BCUT2D eigenvalue weighted by Gasteiger charge is 2.30. The number of halogens is 3. The third kappa shape index (κ3) is 3.53. The van der Waals surface area contributed by atoms with Gasteiger partial charge in [0.15, 0.2) is 5.65 Å². The number of aromatic amines is 1. The van der Waals surface area contributed by atoms with Crippen molar-refractivity contribution in [2.45, 2.75) is 12.7 Å². The number of alkyl halides is 3. The summed E-state index contributed by atoms with van der Waals surface area (Å²) in [4.78, 5) is 35.5. The number of pyridine rings is 1. The van der Waals surface area contributed by atoms with Crippen molar-refractivity contribution >= 4 is 28.2 Å². The first kappa shape index (κ1) is 20.5. The van der Waals surface area contributed by atoms with Gasteiger partial charge >= 0.3 is 17.8 Å². The second-order valence-corrected chi connectivity index (χ2v) is 7.31. The zero-order valence-electron chi connectivity index (χ0n) is 16.7. The fourth-order valence-corrected chi connectivity index (χ4v) is 3.70. The summed E-state index contributed by atoms with van der Waals surface area (Å²) >= 11 is 0. The summed E-state index contributed by atoms with van der Waals surface area (Å²) in [5.41, 5.74) is 1.08. The minimum Gasteiger partial charge on any atom is -0.480 e. The number of carboxylic acid groups (broad SMARTS) is 1. The SMILES string of the molecule is O=C(O)Cn1c(=O)n(-c2ccc(-c3nc4ccc(C(F)(F)F)cc4[nH]3)cc2)c2cccnc21. The molecule has 166 valence electrons. The minimum absolute atomic E-state index is 0.242. The van der Waals surface area contributed by atoms with E-state index in [1.54, 1.807) is 36.4 Å². The number of hydrogen-bond donors (Lipinski definition) is 2. The molecule has 0 bridgehead atoms. The van der Waals surface area contributed by atoms with Crippen molar-refractivity contribution < 1.29 is 23.1 Å². The fourth-order valence-electron chi connectivity index (χ4n) is 3.70. The molecule has 2 N–H and O–H groups in total. The third-order valence-corrected chi connectivity index (χ3v) is 5.19. The molecule has 0 spiro atoms. The van der Waals surface area contributed by atoms with E-state index in [1.807, 2.05) is 0 Å². The van der Waals surface area contributed by atoms with Gasteiger partial charge in [0.1, 0.15) is 12.4 Å². The Labute approximate surface area is 182 Å². The Morgan fingerprint density at radius 3 is 2.55 bits per heavy atom. The number of fused-ring (bicyclic) bond motifs is 2. The van der Waals surface area contributed by atoms with Crippen LogP contribution in [-0.2, 0) is 17.5 Å². The van der Waals surface area contributed by atoms with Crippen molar-refractivity contribution in [2.75, 3.05) is 0 Å². The van der Waals surface area contributed by atoms with Crippen LogP contribution in [0.4, 0.5) is 13.2 Å². The lowest BCUT2D eigenvalue weighted by atomic mass is 10.2. The van der Waals surface area contributed by atoms with Crippen molar-refractivity contribution in [1.29, 1.82) is 0 Å². The van der Waals surface area contributed by atoms with Gasteiger partial charge in [-0.2, -0.15) is 13.2 Å². The Morgan fingerprint density at radius 1 is 1.09 bits per heavy atom. The topological polar surface area (TPSA) is 106 Å². The summed E-state index contributed by atoms with van der Waals surface area (Å²) in [5.74, 6) is -0.797. The molecule has 0 radical (unpaired) electrons. The number of aliphatic carboxylic acids is 1. The average molecular weight is 453 g/mol. The van der Waals surface area contributed by atoms with Crippen molar-refractivity contribution in [2.24, 2.45) is 0 Å². The molecule has 0 fully saturated rings. The molecule has 2 aromatic carbocycles. The van der Waals surface area contributed by atoms with E-state index in [-0.39, 0.29) is 11.2 Å². The molecule has 0 saturated heterocycles. The molecule has 3 heterocycles. The molecule has 11 heteroatoms. The molecule has 5 rings (SSSR count). The average Bonchev–Trinajstić information content (AvgIpc) is 3.32. The number of imidazole rings is 2. The highest BCUT2D eigenvalue weighted by molar-refractivity contribution is 5.81. The van der Waals surface area contributed by atoms with Gasteiger partial charge in [0.25, 0.3) is 0 Å². The maximum atomic E-state index is 13.0. The number of H-pyrrole nitrogens is 1. The lowest BCUT2D eigenvalue weighted by Gasteiger charge is -2.05. The van der Waals surface area contributed by atoms with Crippen LogP contribution in [-0.4, -0.2) is 35.2 Å². The van der Waals surface area contributed by atoms with E-state index in [4.69, 9.17) is 5.11 Å². The Hall–Kier alpha value is -4.41. The molecule has 33 heavy (non-hydrogen) atoms. The smallest absolute Gasteiger partial charge is 0.416 e. The van der Waals surface area contributed by atoms with Crippen LogP contribution in [0.1, 0.15) is 5.56 Å². The van der Waals surface area contributed by atoms with Gasteiger partial charge in [-0.25, -0.2) is 14.8 Å². The van der Waals surface area contributed by atoms with Crippen molar-refractivity contribution in [1.82, 2.24) is 24.1 Å². The van der Waals surface area contributed by atoms with Crippen LogP contribution in [0.15, 0.2) is 65.6 Å². The first-order valence-electron chi connectivity index (χ1n) is 9.68. The van der Waals surface area contributed by atoms with Gasteiger partial charge in [-0.15, -0.1) is 0 Å². The molecule has 0 saturated carbocycles. The molecular formula is C22H14F3N5O3. The van der Waals surface area contributed by atoms with Crippen LogP contribution in [0.3, 0.4) is 0 Å². The molecule has 3 aromatic heterocycles. The number of nitrogens with one attached hydrogen (secondary N) is 1. The Balaban J connectivity index is 1.56. The summed E-state index contributed by atoms with van der Waals surface area (Å²) < 4.78 is 41.3. The lowest BCUT2D eigenvalue weighted by molar-refractivity contribution is -0.138. The summed E-state index contributed by atoms with van der Waals surface area (Å²) in [6.07, 6.45) is -2.98. The molecule has 0 unspecified atom stereocenters. The standard InChI is InChI=1S/C22H14F3N5O3/c23-22(24,25)13-5-8-15-16(10-13)28-19(27-15)12-3-6-14(7-4-12)30-17-2-1-9-26-20(17)29(21(30)33)11-18(31)32/h1-10H,11H2,(H,27,28)(H,31,32). The minimum atomic E-state index is -4.46. The summed E-state index contributed by atoms with van der Waals surface area (Å²) in [6.45, 7) is -0.531. The van der Waals surface area contributed by atoms with Gasteiger partial charge in [-0.1, -0.05) is 0 Å². The predicted molar refractivity (Wildman–Crippen MR) is 113 cm³/mol. The van der Waals surface area contributed by atoms with E-state index in [0.29, 0.717) is 28.1 Å². The number of hydrogen-bond acceptors (Lipinski definition) is 4. The molecule has 8 nitrogen and oxygen atoms in total. The van der Waals surface area contributed by atoms with E-state index >= 15 is 0 Å². The predicted octanol–water partition coefficient (Wildman–Crippen LogP) is 3.83. The maximum Gasteiger partial charge on any atom is 0.416 e. The first-order chi connectivity index (χ1) is 15.7. The number of rotatable bonds is 4. The van der Waals surface area contributed by atoms with E-state index in [1.165, 1.54) is 16.8 Å². The van der Waals surface area contributed by atoms with E-state index in [9.17, 15) is 22.8 Å². The van der Waals surface area contributed by atoms with Gasteiger partial charge in [-0.05, 0) is 54.6 Å². The number of carbonyl (C=O) groups is 1. The van der Waals surface area contributed by atoms with Crippen molar-refractivity contribution in [3.05, 3.63) is 76.8 Å². The molecule has 0 aliphatic rings. The highest BCUT2D eigenvalue weighted by atomic mass is 19.4. The molecular weight excluding hydrogens is 439 g/mol. The van der Waals surface area contributed by atoms with E-state index < -0.39 is 29.9 Å². The Kier molecular flexibility index (Phi) is 4.55. The highest BCUT2D eigenvalue weighted by Crippen LogP contribution is 2.32. The first-order valence-corrected chi connectivity index (χ1v) is 9.68. The molecule has 0 atom stereocenters. The van der Waals surface area contributed by atoms with Gasteiger partial charge in [-0.3, -0.25) is 13.9 Å². The van der Waals surface area contributed by atoms with Crippen molar-refractivity contribution in [3.8, 4) is 17.1 Å². The maximum absolute atomic E-state index is 13.0. The van der Waals surface area contributed by atoms with Crippen LogP contribution in [0.25, 0.3) is 39.3 Å². The van der Waals surface area contributed by atoms with Crippen LogP contribution in [0.5, 0.6) is 0 Å². The monoisotopic (exact) mass is 453 g/mol. The Bertz CT molecular complexity index is 1580. The van der Waals surface area contributed by atoms with Crippen molar-refractivity contribution in [3.63, 3.8) is 0 Å². The second kappa shape index (κ2) is 7.33. The van der Waals surface area contributed by atoms with Crippen LogP contribution >= 0.6 is 0 Å². The molecule has 5 aromatic rings. The molecule has 0 aliphatic carbocycles. The quantitative estimate of drug-likeness (QED) is 0.430. The number of nitrogens with zero attached hydrogens (tertiary/aromatic N) is 4. The fraction of sp³-hybridized carbons (Fsp3) is 0.0909. The summed E-state index contributed by atoms with van der Waals surface area (Å²) in [7, 11) is 0. The van der Waals surface area contributed by atoms with Gasteiger partial charge in [0.2, 0.25) is 0 Å². The van der Waals surface area contributed by atoms with Crippen LogP contribution in [0, 0.1) is 0 Å². The Morgan fingerprint density at radius 2 is 1.85 bits per heavy atom. The van der Waals surface area contributed by atoms with Gasteiger partial charge < -0.3 is 10.1 Å². The molecule has 0 amide bonds. The zero-order chi connectivity index (χ0) is 23.3. The van der Waals surface area contributed by atoms with Gasteiger partial charge in [0.05, 0.1) is 27.8 Å². The number of benzene rings is 2. The number of aromatic nitrogens is 5.